The molecule has 0 aliphatic carbocycles. The van der Waals surface area contributed by atoms with E-state index in [-0.39, 0.29) is 5.91 Å². The second-order valence-corrected chi connectivity index (χ2v) is 6.42. The molecule has 0 fully saturated rings. The van der Waals surface area contributed by atoms with Crippen LogP contribution in [0.5, 0.6) is 0 Å². The molecule has 0 saturated heterocycles. The Morgan fingerprint density at radius 2 is 2.27 bits per heavy atom. The fourth-order valence-corrected chi connectivity index (χ4v) is 3.32. The number of aromatic nitrogens is 2. The third kappa shape index (κ3) is 3.55. The minimum Gasteiger partial charge on any atom is -0.361 e. The summed E-state index contributed by atoms with van der Waals surface area (Å²) in [6, 6.07) is 9.39. The maximum Gasteiger partial charge on any atom is 0.258 e. The van der Waals surface area contributed by atoms with Crippen molar-refractivity contribution < 1.29 is 9.32 Å². The number of carbonyl (C=O) groups excluding carboxylic acids is 1. The lowest BCUT2D eigenvalue weighted by molar-refractivity contribution is 0.102. The Hall–Kier alpha value is -2.12. The molecule has 0 atom stereocenters. The fraction of sp³-hybridized carbons (Fsp3) is 0.133. The van der Waals surface area contributed by atoms with Crippen molar-refractivity contribution in [1.82, 2.24) is 10.1 Å². The van der Waals surface area contributed by atoms with Crippen LogP contribution >= 0.6 is 23.1 Å². The van der Waals surface area contributed by atoms with Gasteiger partial charge in [-0.15, -0.1) is 23.1 Å². The lowest BCUT2D eigenvalue weighted by Crippen LogP contribution is -2.12. The van der Waals surface area contributed by atoms with Crippen LogP contribution in [-0.2, 0) is 5.75 Å². The molecule has 0 spiro atoms. The van der Waals surface area contributed by atoms with Gasteiger partial charge < -0.3 is 4.52 Å². The second kappa shape index (κ2) is 6.76. The molecule has 1 N–H and O–H groups in total. The van der Waals surface area contributed by atoms with E-state index in [0.717, 1.165) is 16.3 Å². The lowest BCUT2D eigenvalue weighted by atomic mass is 10.2. The van der Waals surface area contributed by atoms with Gasteiger partial charge in [-0.3, -0.25) is 10.1 Å². The highest BCUT2D eigenvalue weighted by Gasteiger charge is 2.13. The van der Waals surface area contributed by atoms with Crippen LogP contribution in [0.1, 0.15) is 21.8 Å². The van der Waals surface area contributed by atoms with Crippen LogP contribution in [0.15, 0.2) is 51.3 Å². The Morgan fingerprint density at radius 3 is 3.00 bits per heavy atom. The molecule has 0 unspecified atom stereocenters. The number of nitrogens with zero attached hydrogens (tertiary/aromatic N) is 2. The summed E-state index contributed by atoms with van der Waals surface area (Å²) in [5.41, 5.74) is 1.49. The maximum atomic E-state index is 12.4. The molecule has 0 aliphatic rings. The molecular formula is C15H13N3O2S2. The topological polar surface area (TPSA) is 68.0 Å². The van der Waals surface area contributed by atoms with Gasteiger partial charge in [0.1, 0.15) is 5.76 Å². The van der Waals surface area contributed by atoms with Gasteiger partial charge >= 0.3 is 0 Å². The van der Waals surface area contributed by atoms with E-state index in [1.165, 1.54) is 11.3 Å². The first kappa shape index (κ1) is 14.8. The summed E-state index contributed by atoms with van der Waals surface area (Å²) in [4.78, 5) is 17.3. The number of nitrogens with one attached hydrogen (secondary N) is 1. The van der Waals surface area contributed by atoms with Crippen LogP contribution in [0.25, 0.3) is 0 Å². The molecule has 3 aromatic rings. The van der Waals surface area contributed by atoms with E-state index < -0.39 is 0 Å². The summed E-state index contributed by atoms with van der Waals surface area (Å²) in [6.45, 7) is 1.86. The summed E-state index contributed by atoms with van der Waals surface area (Å²) in [5.74, 6) is 1.28. The third-order valence-corrected chi connectivity index (χ3v) is 4.63. The third-order valence-electron chi connectivity index (χ3n) is 2.84. The molecule has 22 heavy (non-hydrogen) atoms. The summed E-state index contributed by atoms with van der Waals surface area (Å²) in [6.07, 6.45) is 1.66. The standard InChI is InChI=1S/C15H13N3O2S2/c1-10-8-11(18-20-10)9-22-13-5-3-2-4-12(13)14(19)17-15-16-6-7-21-15/h2-8H,9H2,1H3,(H,16,17,19). The van der Waals surface area contributed by atoms with Crippen molar-refractivity contribution in [2.24, 2.45) is 0 Å². The molecule has 5 nitrogen and oxygen atoms in total. The Kier molecular flexibility index (Phi) is 4.55. The number of carbonyl (C=O) groups is 1. The molecule has 1 amide bonds. The van der Waals surface area contributed by atoms with E-state index in [1.807, 2.05) is 36.6 Å². The van der Waals surface area contributed by atoms with Crippen LogP contribution in [0, 0.1) is 6.92 Å². The molecule has 7 heteroatoms. The van der Waals surface area contributed by atoms with Crippen LogP contribution < -0.4 is 5.32 Å². The maximum absolute atomic E-state index is 12.4. The summed E-state index contributed by atoms with van der Waals surface area (Å²) < 4.78 is 5.05. The number of thioether (sulfide) groups is 1. The van der Waals surface area contributed by atoms with E-state index in [1.54, 1.807) is 24.0 Å². The quantitative estimate of drug-likeness (QED) is 0.716. The van der Waals surface area contributed by atoms with Crippen molar-refractivity contribution in [2.45, 2.75) is 17.6 Å². The zero-order valence-electron chi connectivity index (χ0n) is 11.8. The Labute approximate surface area is 135 Å². The average molecular weight is 331 g/mol. The Balaban J connectivity index is 1.73. The normalized spacial score (nSPS) is 10.6. The monoisotopic (exact) mass is 331 g/mol. The van der Waals surface area contributed by atoms with Gasteiger partial charge in [-0.05, 0) is 19.1 Å². The van der Waals surface area contributed by atoms with E-state index in [2.05, 4.69) is 15.5 Å². The number of hydrogen-bond acceptors (Lipinski definition) is 6. The molecule has 112 valence electrons. The lowest BCUT2D eigenvalue weighted by Gasteiger charge is -2.07. The summed E-state index contributed by atoms with van der Waals surface area (Å²) >= 11 is 2.95. The first-order valence-corrected chi connectivity index (χ1v) is 8.44. The van der Waals surface area contributed by atoms with E-state index in [4.69, 9.17) is 4.52 Å². The van der Waals surface area contributed by atoms with Crippen molar-refractivity contribution in [3.8, 4) is 0 Å². The van der Waals surface area contributed by atoms with Gasteiger partial charge in [-0.1, -0.05) is 17.3 Å². The van der Waals surface area contributed by atoms with Crippen molar-refractivity contribution in [3.05, 3.63) is 58.9 Å². The number of amides is 1. The molecule has 0 radical (unpaired) electrons. The zero-order chi connectivity index (χ0) is 15.4. The van der Waals surface area contributed by atoms with Crippen LogP contribution in [0.4, 0.5) is 5.13 Å². The molecule has 0 bridgehead atoms. The zero-order valence-corrected chi connectivity index (χ0v) is 13.4. The minimum absolute atomic E-state index is 0.158. The Morgan fingerprint density at radius 1 is 1.41 bits per heavy atom. The van der Waals surface area contributed by atoms with Gasteiger partial charge in [0.05, 0.1) is 11.3 Å². The van der Waals surface area contributed by atoms with Gasteiger partial charge in [0.25, 0.3) is 5.91 Å². The number of anilines is 1. The van der Waals surface area contributed by atoms with Crippen molar-refractivity contribution >= 4 is 34.1 Å². The molecule has 3 rings (SSSR count). The number of benzene rings is 1. The first-order chi connectivity index (χ1) is 10.7. The number of hydrogen-bond donors (Lipinski definition) is 1. The van der Waals surface area contributed by atoms with Gasteiger partial charge in [0, 0.05) is 28.3 Å². The van der Waals surface area contributed by atoms with Crippen LogP contribution in [0.2, 0.25) is 0 Å². The van der Waals surface area contributed by atoms with Gasteiger partial charge in [0.15, 0.2) is 5.13 Å². The average Bonchev–Trinajstić information content (AvgIpc) is 3.17. The highest BCUT2D eigenvalue weighted by atomic mass is 32.2. The van der Waals surface area contributed by atoms with Gasteiger partial charge in [0.2, 0.25) is 0 Å². The van der Waals surface area contributed by atoms with E-state index >= 15 is 0 Å². The van der Waals surface area contributed by atoms with Gasteiger partial charge in [-0.25, -0.2) is 4.98 Å². The van der Waals surface area contributed by atoms with Crippen LogP contribution in [0.3, 0.4) is 0 Å². The highest BCUT2D eigenvalue weighted by Crippen LogP contribution is 2.27. The van der Waals surface area contributed by atoms with Crippen LogP contribution in [-0.4, -0.2) is 16.0 Å². The van der Waals surface area contributed by atoms with Crippen molar-refractivity contribution in [3.63, 3.8) is 0 Å². The minimum atomic E-state index is -0.158. The number of aryl methyl sites for hydroxylation is 1. The van der Waals surface area contributed by atoms with E-state index in [0.29, 0.717) is 16.4 Å². The fourth-order valence-electron chi connectivity index (χ4n) is 1.87. The predicted molar refractivity (Wildman–Crippen MR) is 87.3 cm³/mol. The smallest absolute Gasteiger partial charge is 0.258 e. The molecule has 1 aromatic carbocycles. The molecule has 2 aromatic heterocycles. The summed E-state index contributed by atoms with van der Waals surface area (Å²) in [5, 5.41) is 9.18. The SMILES string of the molecule is Cc1cc(CSc2ccccc2C(=O)Nc2nccs2)no1. The number of rotatable bonds is 5. The summed E-state index contributed by atoms with van der Waals surface area (Å²) in [7, 11) is 0. The second-order valence-electron chi connectivity index (χ2n) is 4.51. The number of thiazole rings is 1. The predicted octanol–water partition coefficient (Wildman–Crippen LogP) is 3.98. The molecule has 0 saturated carbocycles. The first-order valence-electron chi connectivity index (χ1n) is 6.57. The molecular weight excluding hydrogens is 318 g/mol. The van der Waals surface area contributed by atoms with Crippen molar-refractivity contribution in [2.75, 3.05) is 5.32 Å². The molecule has 0 aliphatic heterocycles. The molecule has 2 heterocycles. The Bertz CT molecular complexity index is 769. The van der Waals surface area contributed by atoms with Gasteiger partial charge in [-0.2, -0.15) is 0 Å². The van der Waals surface area contributed by atoms with E-state index in [9.17, 15) is 4.79 Å². The van der Waals surface area contributed by atoms with Crippen molar-refractivity contribution in [1.29, 1.82) is 0 Å². The highest BCUT2D eigenvalue weighted by molar-refractivity contribution is 7.98. The largest absolute Gasteiger partial charge is 0.361 e.